The number of hydrogen-bond acceptors (Lipinski definition) is 11. The largest absolute Gasteiger partial charge is 0.494 e. The fourth-order valence-corrected chi connectivity index (χ4v) is 10.2. The van der Waals surface area contributed by atoms with Crippen LogP contribution in [0.2, 0.25) is 0 Å². The summed E-state index contributed by atoms with van der Waals surface area (Å²) < 4.78 is 40.8. The van der Waals surface area contributed by atoms with Gasteiger partial charge in [0, 0.05) is 0 Å². The quantitative estimate of drug-likeness (QED) is 0.0159. The van der Waals surface area contributed by atoms with E-state index in [1.165, 1.54) is 193 Å². The molecule has 460 valence electrons. The SMILES string of the molecule is CCCCCCCCCCCCCCCCCCOc1ccc(C(=O)Oc2ccc(N=Cc3ccc(COCc4ccc(C=Nc5ccc(OC(=O)c6ccc(OCCCCCCCCCCCCCCCCCC)cc6)cc5)o4)o3)cc2)cc1. The highest BCUT2D eigenvalue weighted by Crippen LogP contribution is 2.24. The number of furan rings is 2. The van der Waals surface area contributed by atoms with Crippen LogP contribution >= 0.6 is 0 Å². The van der Waals surface area contributed by atoms with Crippen LogP contribution in [0.5, 0.6) is 23.0 Å². The van der Waals surface area contributed by atoms with Crippen LogP contribution in [0.25, 0.3) is 0 Å². The van der Waals surface area contributed by atoms with Crippen molar-refractivity contribution in [3.63, 3.8) is 0 Å². The predicted molar refractivity (Wildman–Crippen MR) is 346 cm³/mol. The molecule has 2 heterocycles. The zero-order chi connectivity index (χ0) is 59.5. The lowest BCUT2D eigenvalue weighted by Gasteiger charge is -2.08. The average Bonchev–Trinajstić information content (AvgIpc) is 4.25. The molecule has 6 aromatic rings. The van der Waals surface area contributed by atoms with Crippen LogP contribution in [0.15, 0.2) is 140 Å². The maximum absolute atomic E-state index is 12.9. The molecular weight excluding hydrogens is 1060 g/mol. The molecule has 0 radical (unpaired) electrons. The van der Waals surface area contributed by atoms with Crippen molar-refractivity contribution in [2.75, 3.05) is 13.2 Å². The van der Waals surface area contributed by atoms with Crippen molar-refractivity contribution in [1.29, 1.82) is 0 Å². The second-order valence-corrected chi connectivity index (χ2v) is 22.7. The standard InChI is InChI=1S/C74H100N2O9/c1-3-5-7-9-11-13-15-17-19-21-23-25-27-29-31-33-55-80-65-43-35-61(36-44-65)73(77)84-67-47-39-63(40-48-67)75-57-69-51-53-71(82-69)59-79-60-72-54-52-70(83-72)58-76-64-41-49-68(50-42-64)85-74(78)62-37-45-66(46-38-62)81-56-34-32-30-28-26-24-22-20-18-16-14-12-10-8-6-4-2/h35-54,57-58H,3-34,55-56,59-60H2,1-2H3. The highest BCUT2D eigenvalue weighted by atomic mass is 16.5. The van der Waals surface area contributed by atoms with E-state index >= 15 is 0 Å². The molecule has 4 aromatic carbocycles. The molecule has 11 nitrogen and oxygen atoms in total. The Morgan fingerprint density at radius 1 is 0.341 bits per heavy atom. The van der Waals surface area contributed by atoms with E-state index in [0.717, 1.165) is 24.3 Å². The Kier molecular flexibility index (Phi) is 34.1. The van der Waals surface area contributed by atoms with Gasteiger partial charge in [-0.1, -0.05) is 206 Å². The fraction of sp³-hybridized carbons (Fsp3) is 0.514. The second-order valence-electron chi connectivity index (χ2n) is 22.7. The van der Waals surface area contributed by atoms with E-state index in [9.17, 15) is 9.59 Å². The van der Waals surface area contributed by atoms with E-state index in [1.54, 1.807) is 85.2 Å². The summed E-state index contributed by atoms with van der Waals surface area (Å²) >= 11 is 0. The molecule has 0 N–H and O–H groups in total. The van der Waals surface area contributed by atoms with Gasteiger partial charge in [-0.2, -0.15) is 0 Å². The van der Waals surface area contributed by atoms with Gasteiger partial charge >= 0.3 is 11.9 Å². The molecule has 0 fully saturated rings. The van der Waals surface area contributed by atoms with Gasteiger partial charge in [-0.15, -0.1) is 0 Å². The number of carbonyl (C=O) groups is 2. The number of ether oxygens (including phenoxy) is 5. The molecule has 0 aliphatic heterocycles. The number of nitrogens with zero attached hydrogens (tertiary/aromatic N) is 2. The van der Waals surface area contributed by atoms with Crippen LogP contribution in [-0.2, 0) is 18.0 Å². The number of carbonyl (C=O) groups excluding carboxylic acids is 2. The van der Waals surface area contributed by atoms with Crippen molar-refractivity contribution in [1.82, 2.24) is 0 Å². The molecule has 0 saturated heterocycles. The summed E-state index contributed by atoms with van der Waals surface area (Å²) in [6.07, 6.45) is 46.2. The predicted octanol–water partition coefficient (Wildman–Crippen LogP) is 21.8. The Morgan fingerprint density at radius 2 is 0.624 bits per heavy atom. The van der Waals surface area contributed by atoms with Crippen LogP contribution in [0, 0.1) is 0 Å². The van der Waals surface area contributed by atoms with Crippen molar-refractivity contribution in [3.8, 4) is 23.0 Å². The highest BCUT2D eigenvalue weighted by Gasteiger charge is 2.12. The molecule has 0 aliphatic carbocycles. The smallest absolute Gasteiger partial charge is 0.343 e. The normalized spacial score (nSPS) is 11.5. The molecule has 0 amide bonds. The number of rotatable bonds is 48. The Bertz CT molecular complexity index is 2540. The molecule has 0 bridgehead atoms. The third-order valence-electron chi connectivity index (χ3n) is 15.3. The summed E-state index contributed by atoms with van der Waals surface area (Å²) in [4.78, 5) is 34.8. The zero-order valence-corrected chi connectivity index (χ0v) is 51.7. The summed E-state index contributed by atoms with van der Waals surface area (Å²) in [5, 5.41) is 0. The van der Waals surface area contributed by atoms with Gasteiger partial charge in [-0.3, -0.25) is 9.98 Å². The molecule has 0 saturated carbocycles. The topological polar surface area (TPSA) is 131 Å². The van der Waals surface area contributed by atoms with Gasteiger partial charge in [0.25, 0.3) is 0 Å². The van der Waals surface area contributed by atoms with Crippen molar-refractivity contribution >= 4 is 35.7 Å². The van der Waals surface area contributed by atoms with E-state index in [1.807, 2.05) is 48.5 Å². The van der Waals surface area contributed by atoms with Gasteiger partial charge < -0.3 is 32.5 Å². The Morgan fingerprint density at radius 3 is 0.929 bits per heavy atom. The monoisotopic (exact) mass is 1160 g/mol. The van der Waals surface area contributed by atoms with Crippen molar-refractivity contribution < 1.29 is 42.1 Å². The maximum Gasteiger partial charge on any atom is 0.343 e. The van der Waals surface area contributed by atoms with Crippen LogP contribution < -0.4 is 18.9 Å². The Hall–Kier alpha value is -6.72. The molecular formula is C74H100N2O9. The first-order valence-corrected chi connectivity index (χ1v) is 32.9. The summed E-state index contributed by atoms with van der Waals surface area (Å²) in [5.74, 6) is 3.89. The van der Waals surface area contributed by atoms with Crippen LogP contribution in [0.1, 0.15) is 263 Å². The minimum absolute atomic E-state index is 0.240. The summed E-state index contributed by atoms with van der Waals surface area (Å²) in [5.41, 5.74) is 2.25. The molecule has 2 aromatic heterocycles. The first-order chi connectivity index (χ1) is 41.9. The molecule has 0 spiro atoms. The third kappa shape index (κ3) is 29.8. The summed E-state index contributed by atoms with van der Waals surface area (Å²) in [7, 11) is 0. The van der Waals surface area contributed by atoms with Crippen molar-refractivity contribution in [2.45, 2.75) is 233 Å². The molecule has 0 atom stereocenters. The van der Waals surface area contributed by atoms with Crippen LogP contribution in [-0.4, -0.2) is 37.6 Å². The number of esters is 2. The molecule has 0 unspecified atom stereocenters. The van der Waals surface area contributed by atoms with Crippen molar-refractivity contribution in [2.24, 2.45) is 9.98 Å². The van der Waals surface area contributed by atoms with Gasteiger partial charge in [-0.05, 0) is 134 Å². The van der Waals surface area contributed by atoms with E-state index in [0.29, 0.717) is 70.3 Å². The summed E-state index contributed by atoms with van der Waals surface area (Å²) in [6, 6.07) is 35.5. The number of unbranched alkanes of at least 4 members (excludes halogenated alkanes) is 30. The lowest BCUT2D eigenvalue weighted by molar-refractivity contribution is 0.0725. The van der Waals surface area contributed by atoms with Gasteiger partial charge in [0.15, 0.2) is 0 Å². The zero-order valence-electron chi connectivity index (χ0n) is 51.7. The van der Waals surface area contributed by atoms with E-state index in [-0.39, 0.29) is 13.2 Å². The average molecular weight is 1160 g/mol. The number of benzene rings is 4. The third-order valence-corrected chi connectivity index (χ3v) is 15.3. The minimum atomic E-state index is -0.438. The fourth-order valence-electron chi connectivity index (χ4n) is 10.2. The van der Waals surface area contributed by atoms with Gasteiger partial charge in [0.1, 0.15) is 59.3 Å². The summed E-state index contributed by atoms with van der Waals surface area (Å²) in [6.45, 7) is 6.39. The molecule has 6 rings (SSSR count). The lowest BCUT2D eigenvalue weighted by atomic mass is 10.0. The van der Waals surface area contributed by atoms with E-state index < -0.39 is 11.9 Å². The maximum atomic E-state index is 12.9. The van der Waals surface area contributed by atoms with E-state index in [2.05, 4.69) is 23.8 Å². The molecule has 85 heavy (non-hydrogen) atoms. The number of aliphatic imine (C=N–C) groups is 2. The molecule has 11 heteroatoms. The lowest BCUT2D eigenvalue weighted by Crippen LogP contribution is -2.08. The first-order valence-electron chi connectivity index (χ1n) is 32.9. The van der Waals surface area contributed by atoms with Crippen molar-refractivity contribution in [3.05, 3.63) is 155 Å². The second kappa shape index (κ2) is 43.0. The number of hydrogen-bond donors (Lipinski definition) is 0. The first kappa shape index (κ1) is 67.4. The highest BCUT2D eigenvalue weighted by molar-refractivity contribution is 5.92. The van der Waals surface area contributed by atoms with Crippen LogP contribution in [0.3, 0.4) is 0 Å². The molecule has 0 aliphatic rings. The van der Waals surface area contributed by atoms with Gasteiger partial charge in [0.2, 0.25) is 0 Å². The van der Waals surface area contributed by atoms with Crippen LogP contribution in [0.4, 0.5) is 11.4 Å². The minimum Gasteiger partial charge on any atom is -0.494 e. The van der Waals surface area contributed by atoms with E-state index in [4.69, 9.17) is 32.5 Å². The van der Waals surface area contributed by atoms with Gasteiger partial charge in [-0.25, -0.2) is 9.59 Å². The Labute approximate surface area is 509 Å². The van der Waals surface area contributed by atoms with Gasteiger partial charge in [0.05, 0.1) is 48.1 Å². The Balaban J connectivity index is 0.765.